The Kier molecular flexibility index (Phi) is 5.73. The predicted octanol–water partition coefficient (Wildman–Crippen LogP) is 5.03. The van der Waals surface area contributed by atoms with Gasteiger partial charge < -0.3 is 10.1 Å². The van der Waals surface area contributed by atoms with E-state index in [1.54, 1.807) is 36.4 Å². The molecule has 1 amide bonds. The number of benzene rings is 2. The zero-order valence-corrected chi connectivity index (χ0v) is 18.4. The number of hydrogen-bond acceptors (Lipinski definition) is 5. The monoisotopic (exact) mass is 428 g/mol. The van der Waals surface area contributed by atoms with E-state index >= 15 is 0 Å². The number of aromatic nitrogens is 3. The van der Waals surface area contributed by atoms with Gasteiger partial charge in [0.1, 0.15) is 5.75 Å². The van der Waals surface area contributed by atoms with Gasteiger partial charge in [0.15, 0.2) is 5.69 Å². The summed E-state index contributed by atoms with van der Waals surface area (Å²) < 4.78 is 7.13. The largest absolute Gasteiger partial charge is 0.439 e. The zero-order chi connectivity index (χ0) is 22.8. The van der Waals surface area contributed by atoms with E-state index in [4.69, 9.17) is 4.74 Å². The van der Waals surface area contributed by atoms with Crippen molar-refractivity contribution in [2.45, 2.75) is 33.7 Å². The summed E-state index contributed by atoms with van der Waals surface area (Å²) in [6, 6.07) is 16.0. The van der Waals surface area contributed by atoms with Crippen molar-refractivity contribution >= 4 is 22.4 Å². The molecule has 0 radical (unpaired) electrons. The van der Waals surface area contributed by atoms with E-state index in [1.807, 2.05) is 45.9 Å². The number of nitrogens with one attached hydrogen (secondary N) is 1. The molecule has 4 rings (SSSR count). The number of anilines is 1. The minimum atomic E-state index is -0.416. The second kappa shape index (κ2) is 8.63. The number of fused-ring (bicyclic) bond motifs is 1. The van der Waals surface area contributed by atoms with E-state index in [2.05, 4.69) is 15.4 Å². The van der Waals surface area contributed by atoms with Crippen LogP contribution in [0.1, 0.15) is 41.5 Å². The highest BCUT2D eigenvalue weighted by atomic mass is 16.5. The molecule has 0 aliphatic rings. The number of aryl methyl sites for hydroxylation is 2. The fourth-order valence-corrected chi connectivity index (χ4v) is 3.33. The Hall–Kier alpha value is -4.00. The molecule has 2 heterocycles. The first-order chi connectivity index (χ1) is 15.3. The highest BCUT2D eigenvalue weighted by Crippen LogP contribution is 2.23. The summed E-state index contributed by atoms with van der Waals surface area (Å²) in [5.74, 6) is 0.701. The minimum absolute atomic E-state index is 0.179. The first-order valence-corrected chi connectivity index (χ1v) is 10.4. The second-order valence-corrected chi connectivity index (χ2v) is 7.93. The zero-order valence-electron chi connectivity index (χ0n) is 18.4. The number of carbonyl (C=O) groups excluding carboxylic acids is 1. The molecule has 0 saturated carbocycles. The lowest BCUT2D eigenvalue weighted by atomic mass is 10.1. The Balaban J connectivity index is 1.58. The molecular formula is C25H24N4O3. The summed E-state index contributed by atoms with van der Waals surface area (Å²) in [5.41, 5.74) is 2.78. The normalized spacial score (nSPS) is 11.0. The maximum Gasteiger partial charge on any atom is 0.276 e. The molecule has 0 aliphatic carbocycles. The smallest absolute Gasteiger partial charge is 0.276 e. The molecule has 0 fully saturated rings. The van der Waals surface area contributed by atoms with Crippen molar-refractivity contribution in [3.63, 3.8) is 0 Å². The molecule has 0 unspecified atom stereocenters. The summed E-state index contributed by atoms with van der Waals surface area (Å²) in [5, 5.41) is 8.10. The van der Waals surface area contributed by atoms with Crippen LogP contribution in [0.15, 0.2) is 65.6 Å². The van der Waals surface area contributed by atoms with Crippen LogP contribution in [0.5, 0.6) is 11.6 Å². The van der Waals surface area contributed by atoms with E-state index in [9.17, 15) is 9.59 Å². The average molecular weight is 428 g/mol. The molecule has 0 aliphatic heterocycles. The van der Waals surface area contributed by atoms with Crippen molar-refractivity contribution in [2.75, 3.05) is 5.32 Å². The van der Waals surface area contributed by atoms with Gasteiger partial charge in [0.25, 0.3) is 11.5 Å². The van der Waals surface area contributed by atoms with Crippen LogP contribution in [0, 0.1) is 13.8 Å². The van der Waals surface area contributed by atoms with Crippen molar-refractivity contribution in [2.24, 2.45) is 0 Å². The molecule has 2 aromatic carbocycles. The molecule has 7 nitrogen and oxygen atoms in total. The fourth-order valence-electron chi connectivity index (χ4n) is 3.33. The number of rotatable bonds is 5. The first-order valence-electron chi connectivity index (χ1n) is 10.4. The van der Waals surface area contributed by atoms with Gasteiger partial charge in [-0.15, -0.1) is 0 Å². The Morgan fingerprint density at radius 3 is 2.41 bits per heavy atom. The summed E-state index contributed by atoms with van der Waals surface area (Å²) in [6.07, 6.45) is 1.52. The van der Waals surface area contributed by atoms with Gasteiger partial charge in [-0.05, 0) is 63.1 Å². The number of amides is 1. The van der Waals surface area contributed by atoms with Crippen LogP contribution in [-0.2, 0) is 0 Å². The average Bonchev–Trinajstić information content (AvgIpc) is 2.78. The van der Waals surface area contributed by atoms with Gasteiger partial charge in [-0.25, -0.2) is 9.67 Å². The summed E-state index contributed by atoms with van der Waals surface area (Å²) in [4.78, 5) is 30.0. The van der Waals surface area contributed by atoms with Crippen molar-refractivity contribution in [1.29, 1.82) is 0 Å². The standard InChI is InChI=1S/C25H24N4O3/c1-15(2)29-25(31)21-8-6-5-7-20(21)23(28-29)24(30)27-18-10-12-22(26-14-18)32-19-11-9-16(3)17(4)13-19/h5-15H,1-4H3,(H,27,30). The topological polar surface area (TPSA) is 86.1 Å². The molecule has 0 spiro atoms. The summed E-state index contributed by atoms with van der Waals surface area (Å²) in [6.45, 7) is 7.76. The Labute approximate surface area is 185 Å². The molecule has 162 valence electrons. The van der Waals surface area contributed by atoms with Crippen LogP contribution in [-0.4, -0.2) is 20.7 Å². The number of nitrogens with zero attached hydrogens (tertiary/aromatic N) is 3. The van der Waals surface area contributed by atoms with Crippen LogP contribution in [0.3, 0.4) is 0 Å². The molecule has 32 heavy (non-hydrogen) atoms. The highest BCUT2D eigenvalue weighted by Gasteiger charge is 2.18. The van der Waals surface area contributed by atoms with E-state index in [1.165, 1.54) is 16.4 Å². The van der Waals surface area contributed by atoms with Gasteiger partial charge in [0.05, 0.1) is 23.3 Å². The van der Waals surface area contributed by atoms with Crippen molar-refractivity contribution in [1.82, 2.24) is 14.8 Å². The van der Waals surface area contributed by atoms with E-state index in [0.29, 0.717) is 28.1 Å². The fraction of sp³-hybridized carbons (Fsp3) is 0.200. The van der Waals surface area contributed by atoms with Crippen LogP contribution in [0.2, 0.25) is 0 Å². The molecule has 0 saturated heterocycles. The maximum atomic E-state index is 13.0. The third kappa shape index (κ3) is 4.23. The number of ether oxygens (including phenoxy) is 1. The number of hydrogen-bond donors (Lipinski definition) is 1. The third-order valence-electron chi connectivity index (χ3n) is 5.23. The Morgan fingerprint density at radius 1 is 1.00 bits per heavy atom. The van der Waals surface area contributed by atoms with Crippen LogP contribution in [0.4, 0.5) is 5.69 Å². The molecule has 2 aromatic heterocycles. The quantitative estimate of drug-likeness (QED) is 0.482. The van der Waals surface area contributed by atoms with Gasteiger partial charge >= 0.3 is 0 Å². The number of pyridine rings is 1. The lowest BCUT2D eigenvalue weighted by molar-refractivity contribution is 0.102. The summed E-state index contributed by atoms with van der Waals surface area (Å²) in [7, 11) is 0. The number of carbonyl (C=O) groups is 1. The van der Waals surface area contributed by atoms with Crippen molar-refractivity contribution in [3.8, 4) is 11.6 Å². The second-order valence-electron chi connectivity index (χ2n) is 7.93. The molecule has 7 heteroatoms. The first kappa shape index (κ1) is 21.2. The lowest BCUT2D eigenvalue weighted by Gasteiger charge is -2.13. The SMILES string of the molecule is Cc1ccc(Oc2ccc(NC(=O)c3nn(C(C)C)c(=O)c4ccccc34)cn2)cc1C. The van der Waals surface area contributed by atoms with Crippen LogP contribution >= 0.6 is 0 Å². The molecule has 4 aromatic rings. The third-order valence-corrected chi connectivity index (χ3v) is 5.23. The molecule has 0 bridgehead atoms. The molecule has 1 N–H and O–H groups in total. The van der Waals surface area contributed by atoms with Gasteiger partial charge in [0, 0.05) is 11.5 Å². The Morgan fingerprint density at radius 2 is 1.75 bits per heavy atom. The highest BCUT2D eigenvalue weighted by molar-refractivity contribution is 6.11. The molecular weight excluding hydrogens is 404 g/mol. The van der Waals surface area contributed by atoms with Crippen LogP contribution in [0.25, 0.3) is 10.8 Å². The predicted molar refractivity (Wildman–Crippen MR) is 125 cm³/mol. The van der Waals surface area contributed by atoms with Gasteiger partial charge in [0.2, 0.25) is 5.88 Å². The maximum absolute atomic E-state index is 13.0. The van der Waals surface area contributed by atoms with Crippen LogP contribution < -0.4 is 15.6 Å². The minimum Gasteiger partial charge on any atom is -0.439 e. The van der Waals surface area contributed by atoms with E-state index in [-0.39, 0.29) is 17.3 Å². The molecule has 0 atom stereocenters. The Bertz CT molecular complexity index is 1360. The van der Waals surface area contributed by atoms with E-state index < -0.39 is 5.91 Å². The lowest BCUT2D eigenvalue weighted by Crippen LogP contribution is -2.28. The van der Waals surface area contributed by atoms with Gasteiger partial charge in [-0.1, -0.05) is 24.3 Å². The van der Waals surface area contributed by atoms with Crippen molar-refractivity contribution < 1.29 is 9.53 Å². The van der Waals surface area contributed by atoms with Crippen molar-refractivity contribution in [3.05, 3.63) is 88.0 Å². The summed E-state index contributed by atoms with van der Waals surface area (Å²) >= 11 is 0. The van der Waals surface area contributed by atoms with Gasteiger partial charge in [-0.2, -0.15) is 5.10 Å². The van der Waals surface area contributed by atoms with E-state index in [0.717, 1.165) is 5.56 Å². The van der Waals surface area contributed by atoms with Gasteiger partial charge in [-0.3, -0.25) is 9.59 Å².